The van der Waals surface area contributed by atoms with Gasteiger partial charge in [0.2, 0.25) is 0 Å². The first-order valence-electron chi connectivity index (χ1n) is 11.7. The number of nitrogens with zero attached hydrogens (tertiary/aromatic N) is 5. The van der Waals surface area contributed by atoms with Crippen LogP contribution in [0.4, 0.5) is 17.6 Å². The molecule has 36 heavy (non-hydrogen) atoms. The minimum absolute atomic E-state index is 0.187. The second kappa shape index (κ2) is 8.32. The summed E-state index contributed by atoms with van der Waals surface area (Å²) in [4.78, 5) is 15.7. The van der Waals surface area contributed by atoms with Gasteiger partial charge in [0.1, 0.15) is 5.82 Å². The summed E-state index contributed by atoms with van der Waals surface area (Å²) in [6.07, 6.45) is 5.91. The number of hydrogen-bond donors (Lipinski definition) is 0. The zero-order valence-corrected chi connectivity index (χ0v) is 19.3. The molecule has 1 amide bonds. The summed E-state index contributed by atoms with van der Waals surface area (Å²) in [5.41, 5.74) is 2.76. The van der Waals surface area contributed by atoms with E-state index in [1.54, 1.807) is 30.4 Å². The molecule has 0 saturated carbocycles. The van der Waals surface area contributed by atoms with Crippen LogP contribution < -0.4 is 0 Å². The maximum Gasteiger partial charge on any atom is 0.256 e. The molecule has 184 valence electrons. The van der Waals surface area contributed by atoms with Gasteiger partial charge in [-0.1, -0.05) is 0 Å². The van der Waals surface area contributed by atoms with Gasteiger partial charge in [-0.25, -0.2) is 22.2 Å². The Balaban J connectivity index is 1.45. The molecular weight excluding hydrogens is 474 g/mol. The van der Waals surface area contributed by atoms with E-state index in [1.807, 2.05) is 0 Å². The summed E-state index contributed by atoms with van der Waals surface area (Å²) in [5, 5.41) is 8.84. The molecule has 10 heteroatoms. The van der Waals surface area contributed by atoms with E-state index in [2.05, 4.69) is 10.2 Å². The lowest BCUT2D eigenvalue weighted by molar-refractivity contribution is 0.0391. The lowest BCUT2D eigenvalue weighted by atomic mass is 9.81. The Morgan fingerprint density at radius 2 is 1.83 bits per heavy atom. The molecule has 0 N–H and O–H groups in total. The largest absolute Gasteiger partial charge is 0.327 e. The number of hydrogen-bond acceptors (Lipinski definition) is 3. The Kier molecular flexibility index (Phi) is 5.20. The fraction of sp³-hybridized carbons (Fsp3) is 0.269. The minimum Gasteiger partial charge on any atom is -0.327 e. The van der Waals surface area contributed by atoms with Gasteiger partial charge in [-0.2, -0.15) is 10.2 Å². The second-order valence-electron chi connectivity index (χ2n) is 9.22. The molecule has 4 heterocycles. The van der Waals surface area contributed by atoms with Crippen LogP contribution >= 0.6 is 0 Å². The van der Waals surface area contributed by atoms with Crippen molar-refractivity contribution < 1.29 is 22.4 Å². The number of amides is 1. The molecule has 4 aromatic rings. The van der Waals surface area contributed by atoms with Crippen LogP contribution in [-0.4, -0.2) is 36.4 Å². The second-order valence-corrected chi connectivity index (χ2v) is 9.22. The third-order valence-corrected chi connectivity index (χ3v) is 7.11. The number of aryl methyl sites for hydroxylation is 1. The maximum atomic E-state index is 14.3. The maximum absolute atomic E-state index is 14.3. The highest BCUT2D eigenvalue weighted by Crippen LogP contribution is 2.45. The summed E-state index contributed by atoms with van der Waals surface area (Å²) in [7, 11) is 1.66. The van der Waals surface area contributed by atoms with Crippen LogP contribution in [0.15, 0.2) is 48.8 Å². The van der Waals surface area contributed by atoms with E-state index in [1.165, 1.54) is 27.6 Å². The Morgan fingerprint density at radius 1 is 1.06 bits per heavy atom. The molecule has 0 radical (unpaired) electrons. The van der Waals surface area contributed by atoms with E-state index in [4.69, 9.17) is 0 Å². The van der Waals surface area contributed by atoms with Gasteiger partial charge < -0.3 is 4.90 Å². The lowest BCUT2D eigenvalue weighted by Crippen LogP contribution is -2.50. The molecular formula is C26H21F4N5O. The van der Waals surface area contributed by atoms with E-state index in [9.17, 15) is 22.4 Å². The average Bonchev–Trinajstić information content (AvgIpc) is 3.49. The van der Waals surface area contributed by atoms with Gasteiger partial charge in [-0.15, -0.1) is 0 Å². The molecule has 1 saturated heterocycles. The molecule has 2 bridgehead atoms. The van der Waals surface area contributed by atoms with Crippen molar-refractivity contribution in [1.82, 2.24) is 24.5 Å². The van der Waals surface area contributed by atoms with Gasteiger partial charge in [-0.3, -0.25) is 9.48 Å². The standard InChI is InChI=1S/C26H21F4N5O/c1-33-25(14-10-19(28)23(30)20(29)11-14)18-13-16-4-2-5-22(24(18)32-33)35(16)26(36)17-12-15(27)6-7-21(17)34-9-3-8-31-34/h3,6-12,16,22H,2,4-5,13H2,1H3. The minimum atomic E-state index is -1.52. The number of rotatable bonds is 3. The number of halogens is 4. The monoisotopic (exact) mass is 495 g/mol. The highest BCUT2D eigenvalue weighted by molar-refractivity contribution is 5.98. The molecule has 1 fully saturated rings. The van der Waals surface area contributed by atoms with Crippen molar-refractivity contribution in [1.29, 1.82) is 0 Å². The highest BCUT2D eigenvalue weighted by Gasteiger charge is 2.44. The van der Waals surface area contributed by atoms with Crippen LogP contribution in [0.3, 0.4) is 0 Å². The van der Waals surface area contributed by atoms with Crippen molar-refractivity contribution in [3.8, 4) is 16.9 Å². The molecule has 2 aliphatic heterocycles. The van der Waals surface area contributed by atoms with Gasteiger partial charge in [-0.05, 0) is 62.1 Å². The van der Waals surface area contributed by atoms with Crippen molar-refractivity contribution in [3.05, 3.63) is 88.9 Å². The van der Waals surface area contributed by atoms with Gasteiger partial charge >= 0.3 is 0 Å². The van der Waals surface area contributed by atoms with Crippen LogP contribution in [0.2, 0.25) is 0 Å². The van der Waals surface area contributed by atoms with E-state index in [-0.39, 0.29) is 29.1 Å². The summed E-state index contributed by atoms with van der Waals surface area (Å²) in [6, 6.07) is 7.08. The fourth-order valence-electron chi connectivity index (χ4n) is 5.63. The predicted octanol–water partition coefficient (Wildman–Crippen LogP) is 5.12. The molecule has 0 aliphatic carbocycles. The Hall–Kier alpha value is -3.95. The summed E-state index contributed by atoms with van der Waals surface area (Å²) >= 11 is 0. The van der Waals surface area contributed by atoms with Crippen molar-refractivity contribution in [2.24, 2.45) is 7.05 Å². The van der Waals surface area contributed by atoms with Gasteiger partial charge in [0.05, 0.1) is 28.7 Å². The number of piperidine rings is 1. The van der Waals surface area contributed by atoms with Crippen LogP contribution in [-0.2, 0) is 13.5 Å². The number of fused-ring (bicyclic) bond motifs is 4. The van der Waals surface area contributed by atoms with Crippen LogP contribution in [0.1, 0.15) is 46.9 Å². The number of carbonyl (C=O) groups excluding carboxylic acids is 1. The first-order chi connectivity index (χ1) is 17.3. The highest BCUT2D eigenvalue weighted by atomic mass is 19.2. The van der Waals surface area contributed by atoms with E-state index < -0.39 is 23.3 Å². The molecule has 6 nitrogen and oxygen atoms in total. The average molecular weight is 495 g/mol. The Bertz CT molecular complexity index is 1470. The molecule has 2 aliphatic rings. The normalized spacial score (nSPS) is 18.9. The molecule has 2 atom stereocenters. The molecule has 0 spiro atoms. The first kappa shape index (κ1) is 22.5. The van der Waals surface area contributed by atoms with E-state index in [0.717, 1.165) is 24.1 Å². The van der Waals surface area contributed by atoms with E-state index in [0.29, 0.717) is 36.3 Å². The van der Waals surface area contributed by atoms with Crippen molar-refractivity contribution >= 4 is 5.91 Å². The third-order valence-electron chi connectivity index (χ3n) is 7.11. The summed E-state index contributed by atoms with van der Waals surface area (Å²) in [5.74, 6) is -4.93. The smallest absolute Gasteiger partial charge is 0.256 e. The third kappa shape index (κ3) is 3.42. The van der Waals surface area contributed by atoms with Crippen LogP contribution in [0.25, 0.3) is 16.9 Å². The number of carbonyl (C=O) groups is 1. The van der Waals surface area contributed by atoms with Crippen molar-refractivity contribution in [3.63, 3.8) is 0 Å². The SMILES string of the molecule is Cn1nc2c(c1-c1cc(F)c(F)c(F)c1)CC1CCCC2N1C(=O)c1cc(F)ccc1-n1cccn1. The van der Waals surface area contributed by atoms with Gasteiger partial charge in [0, 0.05) is 36.6 Å². The summed E-state index contributed by atoms with van der Waals surface area (Å²) in [6.45, 7) is 0. The first-order valence-corrected chi connectivity index (χ1v) is 11.7. The lowest BCUT2D eigenvalue weighted by Gasteiger charge is -2.45. The molecule has 6 rings (SSSR count). The van der Waals surface area contributed by atoms with Crippen molar-refractivity contribution in [2.45, 2.75) is 37.8 Å². The molecule has 2 aromatic carbocycles. The van der Waals surface area contributed by atoms with Gasteiger partial charge in [0.25, 0.3) is 5.91 Å². The topological polar surface area (TPSA) is 56.0 Å². The molecule has 2 aromatic heterocycles. The zero-order chi connectivity index (χ0) is 25.1. The quantitative estimate of drug-likeness (QED) is 0.293. The predicted molar refractivity (Wildman–Crippen MR) is 122 cm³/mol. The van der Waals surface area contributed by atoms with E-state index >= 15 is 0 Å². The van der Waals surface area contributed by atoms with Crippen LogP contribution in [0.5, 0.6) is 0 Å². The fourth-order valence-corrected chi connectivity index (χ4v) is 5.63. The van der Waals surface area contributed by atoms with Crippen LogP contribution in [0, 0.1) is 23.3 Å². The Labute approximate surface area is 203 Å². The number of benzene rings is 2. The number of aromatic nitrogens is 4. The molecule has 2 unspecified atom stereocenters. The zero-order valence-electron chi connectivity index (χ0n) is 19.3. The summed E-state index contributed by atoms with van der Waals surface area (Å²) < 4.78 is 59.0. The Morgan fingerprint density at radius 3 is 2.56 bits per heavy atom. The van der Waals surface area contributed by atoms with Crippen molar-refractivity contribution in [2.75, 3.05) is 0 Å². The van der Waals surface area contributed by atoms with Gasteiger partial charge in [0.15, 0.2) is 17.5 Å².